The number of nitrogens with two attached hydrogens (primary N) is 1. The smallest absolute Gasteiger partial charge is 0.221 e. The maximum Gasteiger partial charge on any atom is 0.221 e. The number of hydrogen-bond acceptors (Lipinski definition) is 6. The Bertz CT molecular complexity index is 353. The van der Waals surface area contributed by atoms with Crippen LogP contribution >= 0.6 is 11.3 Å². The van der Waals surface area contributed by atoms with Crippen molar-refractivity contribution in [1.82, 2.24) is 20.4 Å². The molecule has 0 radical (unpaired) electrons. The van der Waals surface area contributed by atoms with E-state index in [2.05, 4.69) is 20.4 Å². The number of anilines is 1. The molecule has 1 aliphatic heterocycles. The van der Waals surface area contributed by atoms with Crippen LogP contribution in [-0.4, -0.2) is 40.6 Å². The van der Waals surface area contributed by atoms with Crippen molar-refractivity contribution >= 4 is 22.4 Å². The summed E-state index contributed by atoms with van der Waals surface area (Å²) in [5.41, 5.74) is 5.50. The van der Waals surface area contributed by atoms with Gasteiger partial charge in [0.25, 0.3) is 0 Å². The molecule has 1 saturated heterocycles. The van der Waals surface area contributed by atoms with Crippen molar-refractivity contribution in [3.8, 4) is 0 Å². The van der Waals surface area contributed by atoms with Gasteiger partial charge in [0.15, 0.2) is 0 Å². The molecule has 0 aromatic carbocycles. The first-order chi connectivity index (χ1) is 7.24. The normalized spacial score (nSPS) is 18.5. The van der Waals surface area contributed by atoms with Crippen molar-refractivity contribution in [2.45, 2.75) is 13.0 Å². The molecule has 6 nitrogen and oxygen atoms in total. The molecule has 0 aliphatic carbocycles. The Labute approximate surface area is 91.5 Å². The number of carbonyl (C=O) groups excluding carboxylic acids is 1. The lowest BCUT2D eigenvalue weighted by Crippen LogP contribution is -2.28. The summed E-state index contributed by atoms with van der Waals surface area (Å²) in [6, 6.07) is 0. The number of rotatable bonds is 2. The highest BCUT2D eigenvalue weighted by Crippen LogP contribution is 2.13. The van der Waals surface area contributed by atoms with E-state index in [1.54, 1.807) is 0 Å². The van der Waals surface area contributed by atoms with Crippen LogP contribution in [0, 0.1) is 0 Å². The Hall–Kier alpha value is -1.21. The van der Waals surface area contributed by atoms with Crippen LogP contribution in [0.5, 0.6) is 0 Å². The molecule has 0 saturated carbocycles. The fourth-order valence-corrected chi connectivity index (χ4v) is 2.14. The van der Waals surface area contributed by atoms with E-state index in [0.717, 1.165) is 24.6 Å². The molecule has 0 unspecified atom stereocenters. The second kappa shape index (κ2) is 4.54. The van der Waals surface area contributed by atoms with E-state index < -0.39 is 0 Å². The molecule has 0 bridgehead atoms. The van der Waals surface area contributed by atoms with E-state index in [1.807, 2.05) is 0 Å². The van der Waals surface area contributed by atoms with Gasteiger partial charge in [0, 0.05) is 26.1 Å². The van der Waals surface area contributed by atoms with Gasteiger partial charge in [-0.05, 0) is 0 Å². The molecule has 7 heteroatoms. The summed E-state index contributed by atoms with van der Waals surface area (Å²) < 4.78 is 0. The van der Waals surface area contributed by atoms with Crippen LogP contribution in [0.15, 0.2) is 0 Å². The SMILES string of the molecule is Nc1nnc(CN2CCNC(=O)CC2)s1. The highest BCUT2D eigenvalue weighted by Gasteiger charge is 2.14. The van der Waals surface area contributed by atoms with E-state index in [-0.39, 0.29) is 5.91 Å². The topological polar surface area (TPSA) is 84.1 Å². The zero-order valence-electron chi connectivity index (χ0n) is 8.27. The van der Waals surface area contributed by atoms with Crippen LogP contribution in [0.3, 0.4) is 0 Å². The summed E-state index contributed by atoms with van der Waals surface area (Å²) in [7, 11) is 0. The number of aromatic nitrogens is 2. The lowest BCUT2D eigenvalue weighted by molar-refractivity contribution is -0.120. The summed E-state index contributed by atoms with van der Waals surface area (Å²) in [6.07, 6.45) is 0.550. The summed E-state index contributed by atoms with van der Waals surface area (Å²) in [6.45, 7) is 3.05. The lowest BCUT2D eigenvalue weighted by atomic mass is 10.4. The van der Waals surface area contributed by atoms with Crippen LogP contribution < -0.4 is 11.1 Å². The molecule has 1 fully saturated rings. The van der Waals surface area contributed by atoms with E-state index >= 15 is 0 Å². The maximum absolute atomic E-state index is 11.1. The summed E-state index contributed by atoms with van der Waals surface area (Å²) in [4.78, 5) is 13.3. The van der Waals surface area contributed by atoms with Gasteiger partial charge in [-0.3, -0.25) is 9.69 Å². The molecule has 1 aromatic heterocycles. The maximum atomic E-state index is 11.1. The van der Waals surface area contributed by atoms with Crippen molar-refractivity contribution in [3.63, 3.8) is 0 Å². The number of nitrogens with zero attached hydrogens (tertiary/aromatic N) is 3. The van der Waals surface area contributed by atoms with E-state index in [1.165, 1.54) is 11.3 Å². The highest BCUT2D eigenvalue weighted by atomic mass is 32.1. The Morgan fingerprint density at radius 1 is 1.47 bits per heavy atom. The van der Waals surface area contributed by atoms with Gasteiger partial charge in [-0.1, -0.05) is 11.3 Å². The molecule has 2 heterocycles. The summed E-state index contributed by atoms with van der Waals surface area (Å²) >= 11 is 1.40. The summed E-state index contributed by atoms with van der Waals surface area (Å²) in [5.74, 6) is 0.120. The summed E-state index contributed by atoms with van der Waals surface area (Å²) in [5, 5.41) is 11.9. The Morgan fingerprint density at radius 3 is 3.07 bits per heavy atom. The fraction of sp³-hybridized carbons (Fsp3) is 0.625. The molecule has 1 aliphatic rings. The van der Waals surface area contributed by atoms with Gasteiger partial charge in [0.2, 0.25) is 11.0 Å². The number of amides is 1. The Morgan fingerprint density at radius 2 is 2.33 bits per heavy atom. The van der Waals surface area contributed by atoms with Gasteiger partial charge in [0.1, 0.15) is 5.01 Å². The number of hydrogen-bond donors (Lipinski definition) is 2. The molecule has 82 valence electrons. The predicted octanol–water partition coefficient (Wildman–Crippen LogP) is -0.558. The van der Waals surface area contributed by atoms with Gasteiger partial charge in [-0.15, -0.1) is 10.2 Å². The van der Waals surface area contributed by atoms with Crippen molar-refractivity contribution in [2.24, 2.45) is 0 Å². The van der Waals surface area contributed by atoms with Crippen LogP contribution in [-0.2, 0) is 11.3 Å². The van der Waals surface area contributed by atoms with Crippen molar-refractivity contribution in [1.29, 1.82) is 0 Å². The molecular weight excluding hydrogens is 214 g/mol. The van der Waals surface area contributed by atoms with Gasteiger partial charge >= 0.3 is 0 Å². The van der Waals surface area contributed by atoms with Crippen LogP contribution in [0.1, 0.15) is 11.4 Å². The molecule has 1 amide bonds. The standard InChI is InChI=1S/C8H13N5OS/c9-8-12-11-7(15-8)5-13-3-1-6(14)10-2-4-13/h1-5H2,(H2,9,12)(H,10,14). The van der Waals surface area contributed by atoms with Crippen molar-refractivity contribution < 1.29 is 4.79 Å². The molecule has 2 rings (SSSR count). The van der Waals surface area contributed by atoms with E-state index in [0.29, 0.717) is 18.1 Å². The third-order valence-electron chi connectivity index (χ3n) is 2.25. The molecule has 0 spiro atoms. The second-order valence-electron chi connectivity index (χ2n) is 3.41. The third-order valence-corrected chi connectivity index (χ3v) is 2.98. The van der Waals surface area contributed by atoms with E-state index in [4.69, 9.17) is 5.73 Å². The van der Waals surface area contributed by atoms with Crippen LogP contribution in [0.4, 0.5) is 5.13 Å². The zero-order chi connectivity index (χ0) is 10.7. The van der Waals surface area contributed by atoms with Gasteiger partial charge < -0.3 is 11.1 Å². The van der Waals surface area contributed by atoms with Gasteiger partial charge in [-0.25, -0.2) is 0 Å². The first-order valence-corrected chi connectivity index (χ1v) is 5.62. The van der Waals surface area contributed by atoms with Gasteiger partial charge in [0.05, 0.1) is 6.54 Å². The molecular formula is C8H13N5OS. The number of nitrogens with one attached hydrogen (secondary N) is 1. The largest absolute Gasteiger partial charge is 0.374 e. The minimum absolute atomic E-state index is 0.120. The van der Waals surface area contributed by atoms with Crippen LogP contribution in [0.2, 0.25) is 0 Å². The lowest BCUT2D eigenvalue weighted by Gasteiger charge is -2.16. The quantitative estimate of drug-likeness (QED) is 0.707. The first-order valence-electron chi connectivity index (χ1n) is 4.81. The number of nitrogen functional groups attached to an aromatic ring is 1. The average molecular weight is 227 g/mol. The molecule has 0 atom stereocenters. The predicted molar refractivity (Wildman–Crippen MR) is 57.2 cm³/mol. The number of carbonyl (C=O) groups is 1. The van der Waals surface area contributed by atoms with Crippen molar-refractivity contribution in [2.75, 3.05) is 25.4 Å². The second-order valence-corrected chi connectivity index (χ2v) is 4.50. The Kier molecular flexibility index (Phi) is 3.12. The third kappa shape index (κ3) is 2.87. The minimum atomic E-state index is 0.120. The Balaban J connectivity index is 1.91. The van der Waals surface area contributed by atoms with Crippen molar-refractivity contribution in [3.05, 3.63) is 5.01 Å². The minimum Gasteiger partial charge on any atom is -0.374 e. The van der Waals surface area contributed by atoms with Gasteiger partial charge in [-0.2, -0.15) is 0 Å². The first kappa shape index (κ1) is 10.3. The zero-order valence-corrected chi connectivity index (χ0v) is 9.09. The molecule has 1 aromatic rings. The molecule has 15 heavy (non-hydrogen) atoms. The monoisotopic (exact) mass is 227 g/mol. The molecule has 3 N–H and O–H groups in total. The average Bonchev–Trinajstić information content (AvgIpc) is 2.48. The van der Waals surface area contributed by atoms with E-state index in [9.17, 15) is 4.79 Å². The van der Waals surface area contributed by atoms with Crippen LogP contribution in [0.25, 0.3) is 0 Å². The highest BCUT2D eigenvalue weighted by molar-refractivity contribution is 7.15. The fourth-order valence-electron chi connectivity index (χ4n) is 1.49.